The van der Waals surface area contributed by atoms with Crippen LogP contribution in [-0.4, -0.2) is 6.54 Å². The van der Waals surface area contributed by atoms with E-state index in [2.05, 4.69) is 54.7 Å². The van der Waals surface area contributed by atoms with Crippen LogP contribution in [0.1, 0.15) is 30.7 Å². The van der Waals surface area contributed by atoms with E-state index in [1.54, 1.807) is 0 Å². The number of fused-ring (bicyclic) bond motifs is 1. The first-order valence-electron chi connectivity index (χ1n) is 7.59. The second-order valence-electron chi connectivity index (χ2n) is 5.45. The Morgan fingerprint density at radius 2 is 1.76 bits per heavy atom. The highest BCUT2D eigenvalue weighted by atomic mass is 16.3. The molecular weight excluding hydrogens is 258 g/mol. The normalized spacial score (nSPS) is 12.6. The number of hydrogen-bond donors (Lipinski definition) is 1. The summed E-state index contributed by atoms with van der Waals surface area (Å²) in [6.45, 7) is 3.15. The van der Waals surface area contributed by atoms with Crippen LogP contribution in [-0.2, 0) is 6.42 Å². The van der Waals surface area contributed by atoms with Gasteiger partial charge in [0.1, 0.15) is 11.3 Å². The van der Waals surface area contributed by atoms with E-state index in [-0.39, 0.29) is 6.04 Å². The lowest BCUT2D eigenvalue weighted by Crippen LogP contribution is -2.19. The van der Waals surface area contributed by atoms with Gasteiger partial charge in [-0.25, -0.2) is 0 Å². The van der Waals surface area contributed by atoms with Crippen molar-refractivity contribution in [2.24, 2.45) is 0 Å². The summed E-state index contributed by atoms with van der Waals surface area (Å²) < 4.78 is 5.88. The molecule has 0 bridgehead atoms. The SMILES string of the molecule is CC(NCCCc1ccccc1)c1cc2ccccc2o1. The topological polar surface area (TPSA) is 25.2 Å². The second-order valence-corrected chi connectivity index (χ2v) is 5.45. The van der Waals surface area contributed by atoms with Gasteiger partial charge in [-0.1, -0.05) is 48.5 Å². The Kier molecular flexibility index (Phi) is 4.37. The van der Waals surface area contributed by atoms with Crippen molar-refractivity contribution in [3.05, 3.63) is 72.0 Å². The van der Waals surface area contributed by atoms with E-state index in [0.717, 1.165) is 30.7 Å². The van der Waals surface area contributed by atoms with Crippen LogP contribution in [0.3, 0.4) is 0 Å². The van der Waals surface area contributed by atoms with Crippen LogP contribution < -0.4 is 5.32 Å². The van der Waals surface area contributed by atoms with Crippen LogP contribution in [0.4, 0.5) is 0 Å². The quantitative estimate of drug-likeness (QED) is 0.661. The Hall–Kier alpha value is -2.06. The van der Waals surface area contributed by atoms with E-state index in [4.69, 9.17) is 4.42 Å². The standard InChI is InChI=1S/C19H21NO/c1-15(19-14-17-11-5-6-12-18(17)21-19)20-13-7-10-16-8-3-2-4-9-16/h2-6,8-9,11-12,14-15,20H,7,10,13H2,1H3. The molecule has 21 heavy (non-hydrogen) atoms. The summed E-state index contributed by atoms with van der Waals surface area (Å²) in [7, 11) is 0. The fraction of sp³-hybridized carbons (Fsp3) is 0.263. The van der Waals surface area contributed by atoms with Crippen LogP contribution >= 0.6 is 0 Å². The van der Waals surface area contributed by atoms with Crippen molar-refractivity contribution >= 4 is 11.0 Å². The molecule has 1 N–H and O–H groups in total. The predicted octanol–water partition coefficient (Wildman–Crippen LogP) is 4.72. The van der Waals surface area contributed by atoms with E-state index in [1.807, 2.05) is 18.2 Å². The third kappa shape index (κ3) is 3.53. The third-order valence-electron chi connectivity index (χ3n) is 3.81. The molecule has 2 heteroatoms. The lowest BCUT2D eigenvalue weighted by Gasteiger charge is -2.11. The average molecular weight is 279 g/mol. The molecule has 1 aromatic heterocycles. The van der Waals surface area contributed by atoms with Crippen molar-refractivity contribution in [3.63, 3.8) is 0 Å². The lowest BCUT2D eigenvalue weighted by molar-refractivity contribution is 0.449. The molecule has 0 amide bonds. The van der Waals surface area contributed by atoms with Gasteiger partial charge >= 0.3 is 0 Å². The molecule has 3 rings (SSSR count). The van der Waals surface area contributed by atoms with Crippen LogP contribution in [0.25, 0.3) is 11.0 Å². The van der Waals surface area contributed by atoms with Gasteiger partial charge < -0.3 is 9.73 Å². The van der Waals surface area contributed by atoms with Crippen LogP contribution in [0.2, 0.25) is 0 Å². The Balaban J connectivity index is 1.51. The van der Waals surface area contributed by atoms with Gasteiger partial charge in [0.2, 0.25) is 0 Å². The summed E-state index contributed by atoms with van der Waals surface area (Å²) in [5.41, 5.74) is 2.36. The molecule has 1 heterocycles. The van der Waals surface area contributed by atoms with E-state index in [9.17, 15) is 0 Å². The van der Waals surface area contributed by atoms with E-state index < -0.39 is 0 Å². The number of furan rings is 1. The van der Waals surface area contributed by atoms with Crippen LogP contribution in [0.15, 0.2) is 65.1 Å². The number of rotatable bonds is 6. The molecule has 2 nitrogen and oxygen atoms in total. The smallest absolute Gasteiger partial charge is 0.134 e. The predicted molar refractivity (Wildman–Crippen MR) is 87.4 cm³/mol. The maximum Gasteiger partial charge on any atom is 0.134 e. The Bertz CT molecular complexity index is 654. The first-order valence-corrected chi connectivity index (χ1v) is 7.59. The summed E-state index contributed by atoms with van der Waals surface area (Å²) in [6.07, 6.45) is 2.25. The third-order valence-corrected chi connectivity index (χ3v) is 3.81. The molecule has 0 aliphatic heterocycles. The molecule has 3 aromatic rings. The molecule has 2 aromatic carbocycles. The zero-order valence-corrected chi connectivity index (χ0v) is 12.4. The highest BCUT2D eigenvalue weighted by Gasteiger charge is 2.10. The summed E-state index contributed by atoms with van der Waals surface area (Å²) in [5, 5.41) is 4.71. The van der Waals surface area contributed by atoms with Crippen molar-refractivity contribution in [3.8, 4) is 0 Å². The number of para-hydroxylation sites is 1. The van der Waals surface area contributed by atoms with E-state index in [1.165, 1.54) is 10.9 Å². The second kappa shape index (κ2) is 6.59. The monoisotopic (exact) mass is 279 g/mol. The van der Waals surface area contributed by atoms with Gasteiger partial charge in [0, 0.05) is 5.39 Å². The van der Waals surface area contributed by atoms with Gasteiger partial charge in [-0.05, 0) is 44.0 Å². The van der Waals surface area contributed by atoms with Gasteiger partial charge in [-0.2, -0.15) is 0 Å². The fourth-order valence-electron chi connectivity index (χ4n) is 2.57. The molecule has 0 radical (unpaired) electrons. The summed E-state index contributed by atoms with van der Waals surface area (Å²) in [5.74, 6) is 1.01. The van der Waals surface area contributed by atoms with E-state index in [0.29, 0.717) is 0 Å². The summed E-state index contributed by atoms with van der Waals surface area (Å²) >= 11 is 0. The molecule has 0 saturated carbocycles. The first kappa shape index (κ1) is 13.9. The molecule has 0 aliphatic carbocycles. The number of benzene rings is 2. The van der Waals surface area contributed by atoms with Gasteiger partial charge in [0.25, 0.3) is 0 Å². The van der Waals surface area contributed by atoms with Gasteiger partial charge in [0.15, 0.2) is 0 Å². The largest absolute Gasteiger partial charge is 0.459 e. The fourth-order valence-corrected chi connectivity index (χ4v) is 2.57. The molecule has 0 saturated heterocycles. The summed E-state index contributed by atoms with van der Waals surface area (Å²) in [6, 6.07) is 21.1. The van der Waals surface area contributed by atoms with Crippen molar-refractivity contribution in [1.82, 2.24) is 5.32 Å². The molecule has 1 unspecified atom stereocenters. The maximum atomic E-state index is 5.88. The van der Waals surface area contributed by atoms with Crippen molar-refractivity contribution < 1.29 is 4.42 Å². The number of aryl methyl sites for hydroxylation is 1. The van der Waals surface area contributed by atoms with Crippen molar-refractivity contribution in [2.45, 2.75) is 25.8 Å². The Morgan fingerprint density at radius 1 is 1.00 bits per heavy atom. The minimum Gasteiger partial charge on any atom is -0.459 e. The summed E-state index contributed by atoms with van der Waals surface area (Å²) in [4.78, 5) is 0. The zero-order chi connectivity index (χ0) is 14.5. The average Bonchev–Trinajstić information content (AvgIpc) is 2.96. The van der Waals surface area contributed by atoms with Gasteiger partial charge in [-0.3, -0.25) is 0 Å². The van der Waals surface area contributed by atoms with Crippen LogP contribution in [0.5, 0.6) is 0 Å². The molecule has 0 fully saturated rings. The minimum absolute atomic E-state index is 0.244. The van der Waals surface area contributed by atoms with Gasteiger partial charge in [-0.15, -0.1) is 0 Å². The highest BCUT2D eigenvalue weighted by molar-refractivity contribution is 5.77. The molecule has 0 aliphatic rings. The highest BCUT2D eigenvalue weighted by Crippen LogP contribution is 2.23. The molecular formula is C19H21NO. The number of nitrogens with one attached hydrogen (secondary N) is 1. The Labute approximate surface area is 125 Å². The molecule has 1 atom stereocenters. The van der Waals surface area contributed by atoms with Gasteiger partial charge in [0.05, 0.1) is 6.04 Å². The Morgan fingerprint density at radius 3 is 2.57 bits per heavy atom. The minimum atomic E-state index is 0.244. The zero-order valence-electron chi connectivity index (χ0n) is 12.4. The molecule has 0 spiro atoms. The van der Waals surface area contributed by atoms with Crippen LogP contribution in [0, 0.1) is 0 Å². The lowest BCUT2D eigenvalue weighted by atomic mass is 10.1. The van der Waals surface area contributed by atoms with Crippen molar-refractivity contribution in [1.29, 1.82) is 0 Å². The maximum absolute atomic E-state index is 5.88. The first-order chi connectivity index (χ1) is 10.3. The van der Waals surface area contributed by atoms with Crippen molar-refractivity contribution in [2.75, 3.05) is 6.54 Å². The van der Waals surface area contributed by atoms with E-state index >= 15 is 0 Å². The molecule has 108 valence electrons. The number of hydrogen-bond acceptors (Lipinski definition) is 2.